The van der Waals surface area contributed by atoms with Gasteiger partial charge in [0.15, 0.2) is 0 Å². The van der Waals surface area contributed by atoms with Gasteiger partial charge in [0.1, 0.15) is 10.7 Å². The molecule has 5 nitrogen and oxygen atoms in total. The minimum atomic E-state index is -3.90. The first-order valence-electron chi connectivity index (χ1n) is 6.27. The molecule has 2 N–H and O–H groups in total. The van der Waals surface area contributed by atoms with E-state index in [2.05, 4.69) is 15.9 Å². The van der Waals surface area contributed by atoms with E-state index in [1.54, 1.807) is 13.2 Å². The number of benzene rings is 1. The van der Waals surface area contributed by atoms with Crippen LogP contribution < -0.4 is 5.73 Å². The molecule has 0 saturated heterocycles. The zero-order valence-electron chi connectivity index (χ0n) is 11.5. The Morgan fingerprint density at radius 2 is 2.19 bits per heavy atom. The van der Waals surface area contributed by atoms with Gasteiger partial charge in [-0.05, 0) is 40.1 Å². The smallest absolute Gasteiger partial charge is 0.246 e. The van der Waals surface area contributed by atoms with Gasteiger partial charge in [0.05, 0.1) is 6.61 Å². The number of sulfonamides is 1. The predicted octanol–water partition coefficient (Wildman–Crippen LogP) is 2.14. The molecule has 1 aromatic rings. The van der Waals surface area contributed by atoms with E-state index in [-0.39, 0.29) is 12.2 Å². The lowest BCUT2D eigenvalue weighted by molar-refractivity contribution is 0.219. The second-order valence-electron chi connectivity index (χ2n) is 4.71. The maximum atomic E-state index is 14.0. The van der Waals surface area contributed by atoms with Crippen LogP contribution in [0.5, 0.6) is 0 Å². The van der Waals surface area contributed by atoms with Crippen molar-refractivity contribution in [2.45, 2.75) is 11.3 Å². The Hall–Kier alpha value is -0.960. The number of rotatable bonds is 4. The number of anilines is 1. The van der Waals surface area contributed by atoms with E-state index < -0.39 is 20.7 Å². The number of ether oxygens (including phenoxy) is 1. The van der Waals surface area contributed by atoms with Crippen molar-refractivity contribution >= 4 is 31.6 Å². The van der Waals surface area contributed by atoms with Gasteiger partial charge in [-0.3, -0.25) is 0 Å². The lowest BCUT2D eigenvalue weighted by Crippen LogP contribution is -2.35. The van der Waals surface area contributed by atoms with Crippen LogP contribution in [-0.2, 0) is 14.8 Å². The van der Waals surface area contributed by atoms with E-state index in [4.69, 9.17) is 10.5 Å². The van der Waals surface area contributed by atoms with E-state index in [9.17, 15) is 12.8 Å². The number of hydrogen-bond acceptors (Lipinski definition) is 4. The Balaban J connectivity index is 2.30. The quantitative estimate of drug-likeness (QED) is 0.643. The summed E-state index contributed by atoms with van der Waals surface area (Å²) in [5, 5.41) is 0. The molecule has 116 valence electrons. The Kier molecular flexibility index (Phi) is 5.03. The highest BCUT2D eigenvalue weighted by molar-refractivity contribution is 9.10. The Morgan fingerprint density at radius 1 is 1.48 bits per heavy atom. The van der Waals surface area contributed by atoms with Crippen LogP contribution in [0.3, 0.4) is 0 Å². The molecule has 1 aromatic carbocycles. The number of nitrogens with two attached hydrogens (primary N) is 1. The molecular weight excluding hydrogens is 363 g/mol. The van der Waals surface area contributed by atoms with Crippen molar-refractivity contribution in [2.24, 2.45) is 0 Å². The number of hydrogen-bond donors (Lipinski definition) is 1. The molecule has 0 aromatic heterocycles. The summed E-state index contributed by atoms with van der Waals surface area (Å²) >= 11 is 3.07. The number of methoxy groups -OCH3 is 1. The average molecular weight is 379 g/mol. The van der Waals surface area contributed by atoms with Crippen LogP contribution in [0.25, 0.3) is 0 Å². The molecule has 0 aliphatic carbocycles. The SMILES string of the molecule is COCC1=CCN(S(=O)(=O)c2cc(N)c(Br)cc2F)CC1. The van der Waals surface area contributed by atoms with Gasteiger partial charge in [-0.15, -0.1) is 0 Å². The fraction of sp³-hybridized carbons (Fsp3) is 0.385. The summed E-state index contributed by atoms with van der Waals surface area (Å²) in [5.41, 5.74) is 6.88. The maximum Gasteiger partial charge on any atom is 0.246 e. The average Bonchev–Trinajstić information content (AvgIpc) is 2.43. The minimum absolute atomic E-state index is 0.183. The fourth-order valence-corrected chi connectivity index (χ4v) is 3.89. The monoisotopic (exact) mass is 378 g/mol. The normalized spacial score (nSPS) is 16.8. The number of halogens is 2. The summed E-state index contributed by atoms with van der Waals surface area (Å²) < 4.78 is 45.5. The van der Waals surface area contributed by atoms with Crippen LogP contribution in [0.4, 0.5) is 10.1 Å². The van der Waals surface area contributed by atoms with Crippen molar-refractivity contribution in [1.82, 2.24) is 4.31 Å². The zero-order valence-corrected chi connectivity index (χ0v) is 13.9. The summed E-state index contributed by atoms with van der Waals surface area (Å²) in [5.74, 6) is -0.817. The fourth-order valence-electron chi connectivity index (χ4n) is 2.11. The lowest BCUT2D eigenvalue weighted by atomic mass is 10.1. The third-order valence-electron chi connectivity index (χ3n) is 3.26. The van der Waals surface area contributed by atoms with Gasteiger partial charge in [0.25, 0.3) is 0 Å². The second-order valence-corrected chi connectivity index (χ2v) is 7.47. The third kappa shape index (κ3) is 3.45. The van der Waals surface area contributed by atoms with Gasteiger partial charge in [-0.2, -0.15) is 4.31 Å². The first kappa shape index (κ1) is 16.4. The van der Waals surface area contributed by atoms with Gasteiger partial charge in [-0.25, -0.2) is 12.8 Å². The van der Waals surface area contributed by atoms with Gasteiger partial charge < -0.3 is 10.5 Å². The summed E-state index contributed by atoms with van der Waals surface area (Å²) in [6, 6.07) is 2.21. The number of nitrogen functional groups attached to an aromatic ring is 1. The van der Waals surface area contributed by atoms with Gasteiger partial charge in [-0.1, -0.05) is 6.08 Å². The molecule has 1 aliphatic rings. The minimum Gasteiger partial charge on any atom is -0.398 e. The summed E-state index contributed by atoms with van der Waals surface area (Å²) in [6.07, 6.45) is 2.37. The van der Waals surface area contributed by atoms with Crippen molar-refractivity contribution in [2.75, 3.05) is 32.5 Å². The molecule has 1 heterocycles. The summed E-state index contributed by atoms with van der Waals surface area (Å²) in [6.45, 7) is 0.983. The molecule has 1 aliphatic heterocycles. The van der Waals surface area contributed by atoms with Crippen LogP contribution >= 0.6 is 15.9 Å². The van der Waals surface area contributed by atoms with Gasteiger partial charge in [0.2, 0.25) is 10.0 Å². The van der Waals surface area contributed by atoms with Crippen molar-refractivity contribution in [3.8, 4) is 0 Å². The van der Waals surface area contributed by atoms with Crippen molar-refractivity contribution < 1.29 is 17.5 Å². The second kappa shape index (κ2) is 6.43. The Labute approximate surface area is 131 Å². The third-order valence-corrected chi connectivity index (χ3v) is 5.83. The van der Waals surface area contributed by atoms with E-state index in [1.807, 2.05) is 0 Å². The molecule has 0 saturated carbocycles. The van der Waals surface area contributed by atoms with Crippen molar-refractivity contribution in [3.05, 3.63) is 34.1 Å². The van der Waals surface area contributed by atoms with Gasteiger partial charge >= 0.3 is 0 Å². The molecule has 0 radical (unpaired) electrons. The predicted molar refractivity (Wildman–Crippen MR) is 81.8 cm³/mol. The number of nitrogens with zero attached hydrogens (tertiary/aromatic N) is 1. The molecule has 0 fully saturated rings. The van der Waals surface area contributed by atoms with Crippen LogP contribution in [0, 0.1) is 5.82 Å². The molecule has 0 atom stereocenters. The standard InChI is InChI=1S/C13H16BrFN2O3S/c1-20-8-9-2-4-17(5-3-9)21(18,19)13-7-12(16)10(14)6-11(13)15/h2,6-7H,3-5,8,16H2,1H3. The molecule has 0 bridgehead atoms. The van der Waals surface area contributed by atoms with E-state index in [0.29, 0.717) is 24.0 Å². The molecule has 2 rings (SSSR count). The Bertz CT molecular complexity index is 676. The van der Waals surface area contributed by atoms with E-state index in [0.717, 1.165) is 17.7 Å². The van der Waals surface area contributed by atoms with Crippen LogP contribution in [0.2, 0.25) is 0 Å². The molecule has 0 spiro atoms. The highest BCUT2D eigenvalue weighted by atomic mass is 79.9. The largest absolute Gasteiger partial charge is 0.398 e. The first-order valence-corrected chi connectivity index (χ1v) is 8.51. The van der Waals surface area contributed by atoms with Gasteiger partial charge in [0, 0.05) is 30.4 Å². The van der Waals surface area contributed by atoms with Crippen LogP contribution in [0.15, 0.2) is 33.2 Å². The van der Waals surface area contributed by atoms with Crippen molar-refractivity contribution in [3.63, 3.8) is 0 Å². The highest BCUT2D eigenvalue weighted by Gasteiger charge is 2.29. The first-order chi connectivity index (χ1) is 9.86. The van der Waals surface area contributed by atoms with E-state index >= 15 is 0 Å². The lowest BCUT2D eigenvalue weighted by Gasteiger charge is -2.26. The molecule has 21 heavy (non-hydrogen) atoms. The van der Waals surface area contributed by atoms with Crippen LogP contribution in [0.1, 0.15) is 6.42 Å². The van der Waals surface area contributed by atoms with Crippen molar-refractivity contribution in [1.29, 1.82) is 0 Å². The van der Waals surface area contributed by atoms with Crippen LogP contribution in [-0.4, -0.2) is 39.5 Å². The molecular formula is C13H16BrFN2O3S. The summed E-state index contributed by atoms with van der Waals surface area (Å²) in [7, 11) is -2.31. The molecule has 8 heteroatoms. The zero-order chi connectivity index (χ0) is 15.6. The maximum absolute atomic E-state index is 14.0. The highest BCUT2D eigenvalue weighted by Crippen LogP contribution is 2.29. The summed E-state index contributed by atoms with van der Waals surface area (Å²) in [4.78, 5) is -0.396. The topological polar surface area (TPSA) is 72.6 Å². The molecule has 0 unspecified atom stereocenters. The van der Waals surface area contributed by atoms with E-state index in [1.165, 1.54) is 4.31 Å². The Morgan fingerprint density at radius 3 is 2.76 bits per heavy atom. The molecule has 0 amide bonds.